The monoisotopic (exact) mass is 331 g/mol. The summed E-state index contributed by atoms with van der Waals surface area (Å²) >= 11 is 3.42. The minimum Gasteiger partial charge on any atom is -0.355 e. The minimum atomic E-state index is 0.116. The Morgan fingerprint density at radius 3 is 2.50 bits per heavy atom. The summed E-state index contributed by atoms with van der Waals surface area (Å²) in [6, 6.07) is 18.7. The van der Waals surface area contributed by atoms with Crippen LogP contribution in [0.5, 0.6) is 0 Å². The molecule has 2 nitrogen and oxygen atoms in total. The maximum absolute atomic E-state index is 11.7. The Hall–Kier alpha value is -1.39. The van der Waals surface area contributed by atoms with Crippen molar-refractivity contribution in [2.45, 2.75) is 17.6 Å². The molecule has 1 N–H and O–H groups in total. The highest BCUT2D eigenvalue weighted by atomic mass is 32.2. The van der Waals surface area contributed by atoms with E-state index in [0.29, 0.717) is 12.3 Å². The molecule has 0 fully saturated rings. The van der Waals surface area contributed by atoms with Gasteiger partial charge in [0.05, 0.1) is 5.75 Å². The molecule has 0 saturated carbocycles. The van der Waals surface area contributed by atoms with E-state index in [9.17, 15) is 4.79 Å². The van der Waals surface area contributed by atoms with Crippen molar-refractivity contribution in [3.8, 4) is 0 Å². The van der Waals surface area contributed by atoms with Crippen LogP contribution in [0.15, 0.2) is 59.5 Å². The number of nitrogens with one attached hydrogen (secondary N) is 1. The van der Waals surface area contributed by atoms with Gasteiger partial charge in [-0.15, -0.1) is 23.5 Å². The highest BCUT2D eigenvalue weighted by Gasteiger charge is 2.01. The summed E-state index contributed by atoms with van der Waals surface area (Å²) in [4.78, 5) is 13.0. The Morgan fingerprint density at radius 1 is 1.05 bits per heavy atom. The number of thioether (sulfide) groups is 2. The fraction of sp³-hybridized carbons (Fsp3) is 0.278. The fourth-order valence-electron chi connectivity index (χ4n) is 1.88. The summed E-state index contributed by atoms with van der Waals surface area (Å²) in [5.41, 5.74) is 2.53. The summed E-state index contributed by atoms with van der Waals surface area (Å²) in [7, 11) is 0. The Bertz CT molecular complexity index is 569. The summed E-state index contributed by atoms with van der Waals surface area (Å²) < 4.78 is 0. The third-order valence-corrected chi connectivity index (χ3v) is 5.08. The molecule has 0 spiro atoms. The topological polar surface area (TPSA) is 29.1 Å². The van der Waals surface area contributed by atoms with E-state index in [0.717, 1.165) is 11.5 Å². The molecule has 0 saturated heterocycles. The van der Waals surface area contributed by atoms with Crippen LogP contribution in [0.1, 0.15) is 11.1 Å². The normalized spacial score (nSPS) is 10.4. The molecule has 116 valence electrons. The Kier molecular flexibility index (Phi) is 7.40. The molecule has 0 atom stereocenters. The van der Waals surface area contributed by atoms with E-state index >= 15 is 0 Å². The van der Waals surface area contributed by atoms with Gasteiger partial charge in [-0.1, -0.05) is 48.0 Å². The van der Waals surface area contributed by atoms with Gasteiger partial charge in [0.15, 0.2) is 0 Å². The zero-order valence-electron chi connectivity index (χ0n) is 12.7. The highest BCUT2D eigenvalue weighted by Crippen LogP contribution is 2.17. The standard InChI is InChI=1S/C18H21NOS2/c1-15-7-9-17(10-8-15)22-12-11-19-18(20)14-21-13-16-5-3-2-4-6-16/h2-10H,11-14H2,1H3,(H,19,20). The molecule has 0 radical (unpaired) electrons. The number of amides is 1. The Balaban J connectivity index is 1.55. The number of hydrogen-bond donors (Lipinski definition) is 1. The first-order valence-electron chi connectivity index (χ1n) is 7.32. The molecular formula is C18H21NOS2. The van der Waals surface area contributed by atoms with Gasteiger partial charge in [-0.05, 0) is 24.6 Å². The van der Waals surface area contributed by atoms with Crippen molar-refractivity contribution in [2.75, 3.05) is 18.1 Å². The largest absolute Gasteiger partial charge is 0.355 e. The van der Waals surface area contributed by atoms with Gasteiger partial charge in [-0.2, -0.15) is 0 Å². The molecule has 0 aliphatic carbocycles. The first-order chi connectivity index (χ1) is 10.7. The van der Waals surface area contributed by atoms with Crippen molar-refractivity contribution in [3.05, 3.63) is 65.7 Å². The van der Waals surface area contributed by atoms with Crippen LogP contribution in [0.3, 0.4) is 0 Å². The third-order valence-electron chi connectivity index (χ3n) is 3.06. The van der Waals surface area contributed by atoms with Gasteiger partial charge in [0.25, 0.3) is 0 Å². The zero-order chi connectivity index (χ0) is 15.6. The molecule has 22 heavy (non-hydrogen) atoms. The number of aryl methyl sites for hydroxylation is 1. The van der Waals surface area contributed by atoms with Gasteiger partial charge in [0.2, 0.25) is 5.91 Å². The predicted molar refractivity (Wildman–Crippen MR) is 97.5 cm³/mol. The second kappa shape index (κ2) is 9.59. The van der Waals surface area contributed by atoms with Crippen molar-refractivity contribution in [2.24, 2.45) is 0 Å². The lowest BCUT2D eigenvalue weighted by Crippen LogP contribution is -2.27. The van der Waals surface area contributed by atoms with Crippen molar-refractivity contribution in [3.63, 3.8) is 0 Å². The van der Waals surface area contributed by atoms with Crippen LogP contribution in [0.25, 0.3) is 0 Å². The predicted octanol–water partition coefficient (Wildman–Crippen LogP) is 4.14. The third kappa shape index (κ3) is 6.58. The fourth-order valence-corrected chi connectivity index (χ4v) is 3.47. The van der Waals surface area contributed by atoms with E-state index < -0.39 is 0 Å². The number of rotatable bonds is 8. The van der Waals surface area contributed by atoms with Gasteiger partial charge in [0, 0.05) is 22.9 Å². The van der Waals surface area contributed by atoms with E-state index in [-0.39, 0.29) is 5.91 Å². The van der Waals surface area contributed by atoms with Crippen LogP contribution < -0.4 is 5.32 Å². The first-order valence-corrected chi connectivity index (χ1v) is 9.46. The van der Waals surface area contributed by atoms with Crippen LogP contribution in [-0.2, 0) is 10.5 Å². The minimum absolute atomic E-state index is 0.116. The van der Waals surface area contributed by atoms with Gasteiger partial charge in [-0.25, -0.2) is 0 Å². The summed E-state index contributed by atoms with van der Waals surface area (Å²) in [6.07, 6.45) is 0. The van der Waals surface area contributed by atoms with Gasteiger partial charge in [-0.3, -0.25) is 4.79 Å². The van der Waals surface area contributed by atoms with Crippen LogP contribution in [-0.4, -0.2) is 24.0 Å². The second-order valence-corrected chi connectivity index (χ2v) is 7.14. The van der Waals surface area contributed by atoms with Crippen molar-refractivity contribution >= 4 is 29.4 Å². The lowest BCUT2D eigenvalue weighted by molar-refractivity contribution is -0.118. The summed E-state index contributed by atoms with van der Waals surface area (Å²) in [5, 5.41) is 2.97. The average molecular weight is 332 g/mol. The van der Waals surface area contributed by atoms with Crippen LogP contribution in [0, 0.1) is 6.92 Å². The van der Waals surface area contributed by atoms with Gasteiger partial charge < -0.3 is 5.32 Å². The van der Waals surface area contributed by atoms with E-state index in [2.05, 4.69) is 48.6 Å². The van der Waals surface area contributed by atoms with Crippen LogP contribution in [0.4, 0.5) is 0 Å². The van der Waals surface area contributed by atoms with Crippen LogP contribution in [0.2, 0.25) is 0 Å². The van der Waals surface area contributed by atoms with Gasteiger partial charge >= 0.3 is 0 Å². The second-order valence-electron chi connectivity index (χ2n) is 4.99. The summed E-state index contributed by atoms with van der Waals surface area (Å²) in [5.74, 6) is 2.42. The van der Waals surface area contributed by atoms with E-state index in [4.69, 9.17) is 0 Å². The molecule has 0 bridgehead atoms. The molecule has 0 heterocycles. The van der Waals surface area contributed by atoms with Crippen molar-refractivity contribution in [1.82, 2.24) is 5.32 Å². The van der Waals surface area contributed by atoms with E-state index in [1.54, 1.807) is 23.5 Å². The molecule has 0 aromatic heterocycles. The van der Waals surface area contributed by atoms with Gasteiger partial charge in [0.1, 0.15) is 0 Å². The maximum Gasteiger partial charge on any atom is 0.230 e. The number of hydrogen-bond acceptors (Lipinski definition) is 3. The Morgan fingerprint density at radius 2 is 1.77 bits per heavy atom. The quantitative estimate of drug-likeness (QED) is 0.582. The molecule has 0 aliphatic rings. The Labute approximate surface area is 141 Å². The molecule has 0 unspecified atom stereocenters. The molecule has 2 aromatic carbocycles. The number of carbonyl (C=O) groups is 1. The van der Waals surface area contributed by atoms with E-state index in [1.165, 1.54) is 16.0 Å². The SMILES string of the molecule is Cc1ccc(SCCNC(=O)CSCc2ccccc2)cc1. The average Bonchev–Trinajstić information content (AvgIpc) is 2.54. The summed E-state index contributed by atoms with van der Waals surface area (Å²) in [6.45, 7) is 2.80. The first kappa shape index (κ1) is 17.0. The number of benzene rings is 2. The molecule has 4 heteroatoms. The lowest BCUT2D eigenvalue weighted by atomic mass is 10.2. The lowest BCUT2D eigenvalue weighted by Gasteiger charge is -2.06. The highest BCUT2D eigenvalue weighted by molar-refractivity contribution is 7.99. The van der Waals surface area contributed by atoms with Crippen LogP contribution >= 0.6 is 23.5 Å². The molecule has 2 rings (SSSR count). The molecule has 1 amide bonds. The maximum atomic E-state index is 11.7. The number of carbonyl (C=O) groups excluding carboxylic acids is 1. The zero-order valence-corrected chi connectivity index (χ0v) is 14.4. The molecule has 2 aromatic rings. The van der Waals surface area contributed by atoms with Crippen molar-refractivity contribution < 1.29 is 4.79 Å². The molecule has 0 aliphatic heterocycles. The van der Waals surface area contributed by atoms with E-state index in [1.807, 2.05) is 18.2 Å². The molecular weight excluding hydrogens is 310 g/mol. The smallest absolute Gasteiger partial charge is 0.230 e. The van der Waals surface area contributed by atoms with Crippen molar-refractivity contribution in [1.29, 1.82) is 0 Å².